The number of hydrogen-bond acceptors (Lipinski definition) is 2. The van der Waals surface area contributed by atoms with Gasteiger partial charge in [0.25, 0.3) is 0 Å². The summed E-state index contributed by atoms with van der Waals surface area (Å²) in [7, 11) is 0. The molecule has 0 fully saturated rings. The Morgan fingerprint density at radius 1 is 1.12 bits per heavy atom. The van der Waals surface area contributed by atoms with Crippen LogP contribution in [0.4, 0.5) is 8.78 Å². The lowest BCUT2D eigenvalue weighted by atomic mass is 10.3. The normalized spacial score (nSPS) is 10.4. The highest BCUT2D eigenvalue weighted by molar-refractivity contribution is 9.10. The molecule has 0 amide bonds. The summed E-state index contributed by atoms with van der Waals surface area (Å²) in [5.41, 5.74) is 0. The van der Waals surface area contributed by atoms with Crippen LogP contribution in [0.25, 0.3) is 0 Å². The second-order valence-corrected chi connectivity index (χ2v) is 4.92. The largest absolute Gasteiger partial charge is 0.245 e. The summed E-state index contributed by atoms with van der Waals surface area (Å²) in [4.78, 5) is 4.25. The molecule has 0 saturated heterocycles. The first-order valence-corrected chi connectivity index (χ1v) is 6.01. The number of aromatic nitrogens is 1. The zero-order valence-corrected chi connectivity index (χ0v) is 10.4. The number of halogens is 3. The number of hydrogen-bond donors (Lipinski definition) is 0. The van der Waals surface area contributed by atoms with Gasteiger partial charge in [-0.1, -0.05) is 23.9 Å². The maximum Gasteiger partial charge on any atom is 0.156 e. The van der Waals surface area contributed by atoms with E-state index >= 15 is 0 Å². The highest BCUT2D eigenvalue weighted by atomic mass is 79.9. The van der Waals surface area contributed by atoms with Gasteiger partial charge in [0.05, 0.1) is 0 Å². The average Bonchev–Trinajstić information content (AvgIpc) is 2.25. The summed E-state index contributed by atoms with van der Waals surface area (Å²) in [5, 5.41) is 0.160. The second-order valence-electron chi connectivity index (χ2n) is 2.97. The summed E-state index contributed by atoms with van der Waals surface area (Å²) < 4.78 is 27.3. The van der Waals surface area contributed by atoms with Crippen LogP contribution >= 0.6 is 27.7 Å². The van der Waals surface area contributed by atoms with Gasteiger partial charge in [0.2, 0.25) is 0 Å². The smallest absolute Gasteiger partial charge is 0.156 e. The predicted octanol–water partition coefficient (Wildman–Crippen LogP) is 4.27. The summed E-state index contributed by atoms with van der Waals surface area (Å²) in [6.07, 6.45) is 1.48. The van der Waals surface area contributed by atoms with Gasteiger partial charge < -0.3 is 0 Å². The van der Waals surface area contributed by atoms with Crippen LogP contribution in [0.2, 0.25) is 0 Å². The molecule has 0 radical (unpaired) electrons. The molecule has 0 saturated carbocycles. The van der Waals surface area contributed by atoms with E-state index in [0.717, 1.165) is 11.8 Å². The first kappa shape index (κ1) is 11.5. The maximum absolute atomic E-state index is 13.4. The van der Waals surface area contributed by atoms with Gasteiger partial charge in [0.15, 0.2) is 5.82 Å². The van der Waals surface area contributed by atoms with Crippen molar-refractivity contribution in [2.24, 2.45) is 0 Å². The zero-order valence-electron chi connectivity index (χ0n) is 7.95. The number of pyridine rings is 1. The molecule has 2 rings (SSSR count). The highest BCUT2D eigenvalue weighted by Crippen LogP contribution is 2.30. The van der Waals surface area contributed by atoms with E-state index in [9.17, 15) is 8.78 Å². The Kier molecular flexibility index (Phi) is 3.56. The molecule has 0 N–H and O–H groups in total. The molecule has 0 aliphatic heterocycles. The lowest BCUT2D eigenvalue weighted by molar-refractivity contribution is 0.584. The Hall–Kier alpha value is -0.940. The molecule has 5 heteroatoms. The minimum Gasteiger partial charge on any atom is -0.245 e. The van der Waals surface area contributed by atoms with Crippen LogP contribution < -0.4 is 0 Å². The van der Waals surface area contributed by atoms with Crippen molar-refractivity contribution in [3.05, 3.63) is 52.6 Å². The molecule has 0 unspecified atom stereocenters. The molecule has 0 atom stereocenters. The fraction of sp³-hybridized carbons (Fsp3) is 0. The van der Waals surface area contributed by atoms with Gasteiger partial charge in [-0.15, -0.1) is 0 Å². The monoisotopic (exact) mass is 301 g/mol. The lowest BCUT2D eigenvalue weighted by Crippen LogP contribution is -1.88. The molecular formula is C11H6BrF2NS. The van der Waals surface area contributed by atoms with Crippen LogP contribution in [0.5, 0.6) is 0 Å². The van der Waals surface area contributed by atoms with Gasteiger partial charge in [-0.3, -0.25) is 0 Å². The van der Waals surface area contributed by atoms with Crippen LogP contribution in [-0.2, 0) is 0 Å². The van der Waals surface area contributed by atoms with Crippen molar-refractivity contribution in [3.8, 4) is 0 Å². The minimum atomic E-state index is -0.470. The SMILES string of the molecule is Fc1ccccc1Sc1ncc(Br)cc1F. The van der Waals surface area contributed by atoms with Crippen LogP contribution in [0.3, 0.4) is 0 Å². The van der Waals surface area contributed by atoms with E-state index in [1.54, 1.807) is 18.2 Å². The first-order chi connectivity index (χ1) is 7.66. The van der Waals surface area contributed by atoms with E-state index in [1.165, 1.54) is 18.3 Å². The van der Waals surface area contributed by atoms with E-state index < -0.39 is 5.82 Å². The van der Waals surface area contributed by atoms with Crippen molar-refractivity contribution < 1.29 is 8.78 Å². The maximum atomic E-state index is 13.4. The second kappa shape index (κ2) is 4.93. The number of benzene rings is 1. The van der Waals surface area contributed by atoms with E-state index in [2.05, 4.69) is 20.9 Å². The van der Waals surface area contributed by atoms with Crippen LogP contribution in [-0.4, -0.2) is 4.98 Å². The Labute approximate surface area is 104 Å². The van der Waals surface area contributed by atoms with Gasteiger partial charge in [0.1, 0.15) is 10.8 Å². The van der Waals surface area contributed by atoms with Crippen molar-refractivity contribution >= 4 is 27.7 Å². The Morgan fingerprint density at radius 3 is 2.56 bits per heavy atom. The quantitative estimate of drug-likeness (QED) is 0.821. The Morgan fingerprint density at radius 2 is 1.88 bits per heavy atom. The summed E-state index contributed by atoms with van der Waals surface area (Å²) in [6, 6.07) is 7.51. The molecular weight excluding hydrogens is 296 g/mol. The lowest BCUT2D eigenvalue weighted by Gasteiger charge is -2.03. The topological polar surface area (TPSA) is 12.9 Å². The molecule has 1 aromatic carbocycles. The Bertz CT molecular complexity index is 519. The van der Waals surface area contributed by atoms with Crippen LogP contribution in [0, 0.1) is 11.6 Å². The zero-order chi connectivity index (χ0) is 11.5. The van der Waals surface area contributed by atoms with Crippen molar-refractivity contribution in [2.45, 2.75) is 9.92 Å². The van der Waals surface area contributed by atoms with Crippen molar-refractivity contribution in [3.63, 3.8) is 0 Å². The fourth-order valence-electron chi connectivity index (χ4n) is 1.11. The molecule has 1 nitrogen and oxygen atoms in total. The van der Waals surface area contributed by atoms with Crippen LogP contribution in [0.1, 0.15) is 0 Å². The van der Waals surface area contributed by atoms with Gasteiger partial charge >= 0.3 is 0 Å². The minimum absolute atomic E-state index is 0.160. The molecule has 0 bridgehead atoms. The molecule has 0 spiro atoms. The molecule has 1 aromatic heterocycles. The van der Waals surface area contributed by atoms with Crippen molar-refractivity contribution in [1.29, 1.82) is 0 Å². The van der Waals surface area contributed by atoms with Gasteiger partial charge in [0, 0.05) is 15.6 Å². The summed E-state index contributed by atoms with van der Waals surface area (Å²) in [5.74, 6) is -0.848. The third-order valence-corrected chi connectivity index (χ3v) is 3.30. The molecule has 2 aromatic rings. The van der Waals surface area contributed by atoms with Crippen molar-refractivity contribution in [2.75, 3.05) is 0 Å². The van der Waals surface area contributed by atoms with E-state index in [0.29, 0.717) is 9.37 Å². The number of nitrogens with zero attached hydrogens (tertiary/aromatic N) is 1. The molecule has 0 aliphatic rings. The fourth-order valence-corrected chi connectivity index (χ4v) is 2.19. The third-order valence-electron chi connectivity index (χ3n) is 1.82. The standard InChI is InChI=1S/C11H6BrF2NS/c12-7-5-9(14)11(15-6-7)16-10-4-2-1-3-8(10)13/h1-6H. The van der Waals surface area contributed by atoms with E-state index in [1.807, 2.05) is 0 Å². The van der Waals surface area contributed by atoms with E-state index in [4.69, 9.17) is 0 Å². The first-order valence-electron chi connectivity index (χ1n) is 4.40. The molecule has 1 heterocycles. The molecule has 82 valence electrons. The summed E-state index contributed by atoms with van der Waals surface area (Å²) in [6.45, 7) is 0. The van der Waals surface area contributed by atoms with Crippen molar-refractivity contribution in [1.82, 2.24) is 4.98 Å². The third kappa shape index (κ3) is 2.59. The summed E-state index contributed by atoms with van der Waals surface area (Å²) >= 11 is 4.08. The van der Waals surface area contributed by atoms with E-state index in [-0.39, 0.29) is 10.8 Å². The van der Waals surface area contributed by atoms with Crippen LogP contribution in [0.15, 0.2) is 50.9 Å². The van der Waals surface area contributed by atoms with Gasteiger partial charge in [-0.05, 0) is 34.1 Å². The molecule has 0 aliphatic carbocycles. The predicted molar refractivity (Wildman–Crippen MR) is 62.4 cm³/mol. The van der Waals surface area contributed by atoms with Gasteiger partial charge in [-0.2, -0.15) is 0 Å². The van der Waals surface area contributed by atoms with Gasteiger partial charge in [-0.25, -0.2) is 13.8 Å². The molecule has 16 heavy (non-hydrogen) atoms. The number of rotatable bonds is 2. The Balaban J connectivity index is 2.31. The highest BCUT2D eigenvalue weighted by Gasteiger charge is 2.09. The average molecular weight is 302 g/mol.